The van der Waals surface area contributed by atoms with Crippen LogP contribution in [0, 0.1) is 6.92 Å². The second-order valence-corrected chi connectivity index (χ2v) is 5.96. The highest BCUT2D eigenvalue weighted by molar-refractivity contribution is 5.81. The van der Waals surface area contributed by atoms with Gasteiger partial charge in [-0.2, -0.15) is 0 Å². The van der Waals surface area contributed by atoms with E-state index in [2.05, 4.69) is 12.2 Å². The van der Waals surface area contributed by atoms with Crippen LogP contribution in [0.1, 0.15) is 44.6 Å². The maximum atomic E-state index is 11.8. The summed E-state index contributed by atoms with van der Waals surface area (Å²) in [6.07, 6.45) is 5.80. The Morgan fingerprint density at radius 3 is 2.75 bits per heavy atom. The van der Waals surface area contributed by atoms with Crippen LogP contribution < -0.4 is 15.7 Å². The van der Waals surface area contributed by atoms with Crippen LogP contribution in [-0.4, -0.2) is 19.1 Å². The monoisotopic (exact) mass is 331 g/mol. The first-order valence-corrected chi connectivity index (χ1v) is 8.54. The molecule has 130 valence electrons. The number of amides is 1. The quantitative estimate of drug-likeness (QED) is 0.563. The van der Waals surface area contributed by atoms with Crippen molar-refractivity contribution < 1.29 is 13.9 Å². The van der Waals surface area contributed by atoms with Crippen molar-refractivity contribution >= 4 is 16.9 Å². The highest BCUT2D eigenvalue weighted by Crippen LogP contribution is 2.22. The van der Waals surface area contributed by atoms with Crippen LogP contribution in [0.25, 0.3) is 11.0 Å². The molecule has 2 aromatic rings. The summed E-state index contributed by atoms with van der Waals surface area (Å²) < 4.78 is 10.6. The van der Waals surface area contributed by atoms with Gasteiger partial charge in [0.1, 0.15) is 11.3 Å². The van der Waals surface area contributed by atoms with E-state index in [1.54, 1.807) is 12.1 Å². The van der Waals surface area contributed by atoms with Gasteiger partial charge in [-0.15, -0.1) is 0 Å². The lowest BCUT2D eigenvalue weighted by Gasteiger charge is -2.08. The van der Waals surface area contributed by atoms with Crippen molar-refractivity contribution in [2.75, 3.05) is 13.2 Å². The molecule has 0 fully saturated rings. The Labute approximate surface area is 142 Å². The number of hydrogen-bond donors (Lipinski definition) is 1. The van der Waals surface area contributed by atoms with Gasteiger partial charge in [0, 0.05) is 24.1 Å². The van der Waals surface area contributed by atoms with Gasteiger partial charge in [0.05, 0.1) is 0 Å². The molecule has 0 aliphatic carbocycles. The number of aryl methyl sites for hydroxylation is 1. The number of carbonyl (C=O) groups is 1. The molecule has 1 heterocycles. The number of ether oxygens (including phenoxy) is 1. The molecule has 0 unspecified atom stereocenters. The van der Waals surface area contributed by atoms with Crippen molar-refractivity contribution in [2.45, 2.75) is 46.0 Å². The summed E-state index contributed by atoms with van der Waals surface area (Å²) >= 11 is 0. The van der Waals surface area contributed by atoms with Crippen LogP contribution in [0.3, 0.4) is 0 Å². The van der Waals surface area contributed by atoms with E-state index >= 15 is 0 Å². The number of benzene rings is 1. The Morgan fingerprint density at radius 2 is 1.96 bits per heavy atom. The number of nitrogens with one attached hydrogen (secondary N) is 1. The number of rotatable bonds is 9. The highest BCUT2D eigenvalue weighted by Gasteiger charge is 2.06. The molecule has 1 aromatic carbocycles. The summed E-state index contributed by atoms with van der Waals surface area (Å²) in [5.41, 5.74) is 0.931. The van der Waals surface area contributed by atoms with E-state index in [9.17, 15) is 9.59 Å². The third kappa shape index (κ3) is 5.41. The topological polar surface area (TPSA) is 68.5 Å². The molecule has 1 aromatic heterocycles. The summed E-state index contributed by atoms with van der Waals surface area (Å²) in [6, 6.07) is 6.69. The minimum absolute atomic E-state index is 0.0451. The zero-order valence-corrected chi connectivity index (χ0v) is 14.4. The standard InChI is InChI=1S/C19H25NO4/c1-3-4-5-6-7-10-20-18(21)13-23-15-8-9-16-14(2)11-19(22)24-17(16)12-15/h8-9,11-12H,3-7,10,13H2,1-2H3,(H,20,21). The second-order valence-electron chi connectivity index (χ2n) is 5.96. The van der Waals surface area contributed by atoms with E-state index in [0.717, 1.165) is 23.8 Å². The minimum Gasteiger partial charge on any atom is -0.484 e. The van der Waals surface area contributed by atoms with E-state index in [-0.39, 0.29) is 12.5 Å². The van der Waals surface area contributed by atoms with Gasteiger partial charge in [0.2, 0.25) is 0 Å². The SMILES string of the molecule is CCCCCCCNC(=O)COc1ccc2c(C)cc(=O)oc2c1. The summed E-state index contributed by atoms with van der Waals surface area (Å²) in [5, 5.41) is 3.71. The number of fused-ring (bicyclic) bond motifs is 1. The fourth-order valence-corrected chi connectivity index (χ4v) is 2.55. The van der Waals surface area contributed by atoms with Gasteiger partial charge in [-0.25, -0.2) is 4.79 Å². The molecule has 1 N–H and O–H groups in total. The molecule has 0 saturated carbocycles. The normalized spacial score (nSPS) is 10.8. The molecule has 0 aliphatic heterocycles. The third-order valence-corrected chi connectivity index (χ3v) is 3.90. The van der Waals surface area contributed by atoms with Gasteiger partial charge in [-0.1, -0.05) is 32.6 Å². The molecule has 0 aliphatic rings. The molecule has 2 rings (SSSR count). The zero-order valence-electron chi connectivity index (χ0n) is 14.4. The maximum absolute atomic E-state index is 11.8. The largest absolute Gasteiger partial charge is 0.484 e. The Morgan fingerprint density at radius 1 is 1.17 bits per heavy atom. The molecule has 0 radical (unpaired) electrons. The van der Waals surface area contributed by atoms with Crippen molar-refractivity contribution in [1.29, 1.82) is 0 Å². The van der Waals surface area contributed by atoms with E-state index in [1.807, 2.05) is 13.0 Å². The van der Waals surface area contributed by atoms with Crippen LogP contribution in [0.5, 0.6) is 5.75 Å². The van der Waals surface area contributed by atoms with Gasteiger partial charge in [-0.05, 0) is 31.0 Å². The summed E-state index contributed by atoms with van der Waals surface area (Å²) in [4.78, 5) is 23.2. The van der Waals surface area contributed by atoms with E-state index < -0.39 is 5.63 Å². The maximum Gasteiger partial charge on any atom is 0.336 e. The smallest absolute Gasteiger partial charge is 0.336 e. The number of hydrogen-bond acceptors (Lipinski definition) is 4. The molecule has 0 spiro atoms. The molecule has 5 heteroatoms. The van der Waals surface area contributed by atoms with Gasteiger partial charge in [0.15, 0.2) is 6.61 Å². The average Bonchev–Trinajstić information content (AvgIpc) is 2.55. The molecule has 24 heavy (non-hydrogen) atoms. The first kappa shape index (κ1) is 18.0. The summed E-state index contributed by atoms with van der Waals surface area (Å²) in [7, 11) is 0. The van der Waals surface area contributed by atoms with E-state index in [1.165, 1.54) is 25.3 Å². The summed E-state index contributed by atoms with van der Waals surface area (Å²) in [5.74, 6) is 0.366. The molecule has 5 nitrogen and oxygen atoms in total. The third-order valence-electron chi connectivity index (χ3n) is 3.90. The van der Waals surface area contributed by atoms with Crippen molar-refractivity contribution in [1.82, 2.24) is 5.32 Å². The van der Waals surface area contributed by atoms with Crippen molar-refractivity contribution in [3.8, 4) is 5.75 Å². The predicted molar refractivity (Wildman–Crippen MR) is 94.5 cm³/mol. The Bertz CT molecular complexity index is 736. The molecule has 0 bridgehead atoms. The van der Waals surface area contributed by atoms with Gasteiger partial charge in [0.25, 0.3) is 5.91 Å². The zero-order chi connectivity index (χ0) is 17.4. The summed E-state index contributed by atoms with van der Waals surface area (Å²) in [6.45, 7) is 4.67. The first-order chi connectivity index (χ1) is 11.6. The Hall–Kier alpha value is -2.30. The average molecular weight is 331 g/mol. The van der Waals surface area contributed by atoms with Gasteiger partial charge < -0.3 is 14.5 Å². The van der Waals surface area contributed by atoms with Crippen LogP contribution in [-0.2, 0) is 4.79 Å². The number of unbranched alkanes of at least 4 members (excludes halogenated alkanes) is 4. The fraction of sp³-hybridized carbons (Fsp3) is 0.474. The van der Waals surface area contributed by atoms with E-state index in [0.29, 0.717) is 17.9 Å². The Balaban J connectivity index is 1.80. The highest BCUT2D eigenvalue weighted by atomic mass is 16.5. The molecule has 1 amide bonds. The molecule has 0 saturated heterocycles. The van der Waals surface area contributed by atoms with Crippen LogP contribution in [0.4, 0.5) is 0 Å². The lowest BCUT2D eigenvalue weighted by molar-refractivity contribution is -0.123. The van der Waals surface area contributed by atoms with Crippen molar-refractivity contribution in [3.63, 3.8) is 0 Å². The lowest BCUT2D eigenvalue weighted by atomic mass is 10.1. The van der Waals surface area contributed by atoms with E-state index in [4.69, 9.17) is 9.15 Å². The second kappa shape index (κ2) is 9.11. The predicted octanol–water partition coefficient (Wildman–Crippen LogP) is 3.57. The van der Waals surface area contributed by atoms with Gasteiger partial charge >= 0.3 is 5.63 Å². The molecule has 0 atom stereocenters. The van der Waals surface area contributed by atoms with Crippen molar-refractivity contribution in [3.05, 3.63) is 40.2 Å². The van der Waals surface area contributed by atoms with Crippen molar-refractivity contribution in [2.24, 2.45) is 0 Å². The molecular formula is C19H25NO4. The Kier molecular flexibility index (Phi) is 6.85. The lowest BCUT2D eigenvalue weighted by Crippen LogP contribution is -2.29. The minimum atomic E-state index is -0.391. The molecular weight excluding hydrogens is 306 g/mol. The van der Waals surface area contributed by atoms with Crippen LogP contribution in [0.2, 0.25) is 0 Å². The number of carbonyl (C=O) groups excluding carboxylic acids is 1. The first-order valence-electron chi connectivity index (χ1n) is 8.54. The van der Waals surface area contributed by atoms with Crippen LogP contribution >= 0.6 is 0 Å². The van der Waals surface area contributed by atoms with Gasteiger partial charge in [-0.3, -0.25) is 4.79 Å². The van der Waals surface area contributed by atoms with Crippen LogP contribution in [0.15, 0.2) is 33.5 Å². The fourth-order valence-electron chi connectivity index (χ4n) is 2.55.